The molecule has 0 aliphatic carbocycles. The van der Waals surface area contributed by atoms with Crippen LogP contribution in [0, 0.1) is 11.7 Å². The molecule has 2 heterocycles. The lowest BCUT2D eigenvalue weighted by Gasteiger charge is -2.39. The summed E-state index contributed by atoms with van der Waals surface area (Å²) in [6, 6.07) is 6.46. The Labute approximate surface area is 112 Å². The summed E-state index contributed by atoms with van der Waals surface area (Å²) >= 11 is 0. The van der Waals surface area contributed by atoms with Gasteiger partial charge in [0.25, 0.3) is 0 Å². The number of ether oxygens (including phenoxy) is 2. The second kappa shape index (κ2) is 5.19. The Morgan fingerprint density at radius 1 is 1.32 bits per heavy atom. The number of aliphatic hydroxyl groups excluding tert-OH is 1. The van der Waals surface area contributed by atoms with E-state index in [1.807, 2.05) is 0 Å². The van der Waals surface area contributed by atoms with Crippen molar-refractivity contribution >= 4 is 0 Å². The third-order valence-corrected chi connectivity index (χ3v) is 4.27. The van der Waals surface area contributed by atoms with E-state index in [1.165, 1.54) is 6.07 Å². The number of hydrogen-bond donors (Lipinski definition) is 1. The fraction of sp³-hybridized carbons (Fsp3) is 0.600. The largest absolute Gasteiger partial charge is 0.388 e. The number of benzene rings is 1. The summed E-state index contributed by atoms with van der Waals surface area (Å²) in [6.07, 6.45) is 1.61. The fourth-order valence-corrected chi connectivity index (χ4v) is 3.17. The maximum absolute atomic E-state index is 13.7. The summed E-state index contributed by atoms with van der Waals surface area (Å²) in [7, 11) is 0. The zero-order valence-electron chi connectivity index (χ0n) is 10.8. The molecule has 3 rings (SSSR count). The zero-order chi connectivity index (χ0) is 13.3. The van der Waals surface area contributed by atoms with Gasteiger partial charge in [-0.2, -0.15) is 0 Å². The first-order valence-corrected chi connectivity index (χ1v) is 6.84. The molecule has 104 valence electrons. The lowest BCUT2D eigenvalue weighted by Crippen LogP contribution is -2.42. The lowest BCUT2D eigenvalue weighted by atomic mass is 9.80. The van der Waals surface area contributed by atoms with Gasteiger partial charge >= 0.3 is 0 Å². The molecule has 1 aromatic carbocycles. The molecule has 0 amide bonds. The smallest absolute Gasteiger partial charge is 0.129 e. The monoisotopic (exact) mass is 266 g/mol. The molecule has 2 aliphatic heterocycles. The van der Waals surface area contributed by atoms with Gasteiger partial charge in [0.05, 0.1) is 18.3 Å². The maximum atomic E-state index is 13.7. The Kier molecular flexibility index (Phi) is 3.56. The first-order chi connectivity index (χ1) is 9.20. The van der Waals surface area contributed by atoms with Crippen molar-refractivity contribution in [1.82, 2.24) is 0 Å². The first kappa shape index (κ1) is 13.0. The molecule has 3 unspecified atom stereocenters. The van der Waals surface area contributed by atoms with E-state index in [0.29, 0.717) is 25.4 Å². The summed E-state index contributed by atoms with van der Waals surface area (Å²) in [4.78, 5) is 0. The summed E-state index contributed by atoms with van der Waals surface area (Å²) in [5.74, 6) is -0.300. The average molecular weight is 266 g/mol. The van der Waals surface area contributed by atoms with Crippen LogP contribution in [-0.2, 0) is 9.47 Å². The molecule has 0 saturated carbocycles. The molecule has 0 radical (unpaired) electrons. The van der Waals surface area contributed by atoms with Gasteiger partial charge in [-0.3, -0.25) is 0 Å². The molecule has 4 heteroatoms. The standard InChI is InChI=1S/C15H19FO3/c16-13-4-2-1-3-12(13)14(17)11-5-7-19-15(9-11)6-8-18-10-15/h1-4,11,14,17H,5-10H2. The second-order valence-corrected chi connectivity index (χ2v) is 5.55. The number of aliphatic hydroxyl groups is 1. The van der Waals surface area contributed by atoms with Crippen LogP contribution in [0.25, 0.3) is 0 Å². The summed E-state index contributed by atoms with van der Waals surface area (Å²) in [5.41, 5.74) is 0.137. The fourth-order valence-electron chi connectivity index (χ4n) is 3.17. The van der Waals surface area contributed by atoms with Gasteiger partial charge in [0.1, 0.15) is 5.82 Å². The Hall–Kier alpha value is -0.970. The Morgan fingerprint density at radius 3 is 2.89 bits per heavy atom. The molecule has 19 heavy (non-hydrogen) atoms. The van der Waals surface area contributed by atoms with Crippen LogP contribution in [0.5, 0.6) is 0 Å². The van der Waals surface area contributed by atoms with Crippen LogP contribution in [0.15, 0.2) is 24.3 Å². The van der Waals surface area contributed by atoms with Crippen LogP contribution in [0.3, 0.4) is 0 Å². The minimum absolute atomic E-state index is 0.0346. The highest BCUT2D eigenvalue weighted by atomic mass is 19.1. The van der Waals surface area contributed by atoms with Gasteiger partial charge in [-0.15, -0.1) is 0 Å². The van der Waals surface area contributed by atoms with Gasteiger partial charge in [0.2, 0.25) is 0 Å². The van der Waals surface area contributed by atoms with Crippen molar-refractivity contribution in [2.45, 2.75) is 31.0 Å². The molecule has 2 aliphatic rings. The van der Waals surface area contributed by atoms with Crippen LogP contribution in [0.1, 0.15) is 30.9 Å². The summed E-state index contributed by atoms with van der Waals surface area (Å²) in [6.45, 7) is 1.91. The van der Waals surface area contributed by atoms with Crippen molar-refractivity contribution in [3.05, 3.63) is 35.6 Å². The second-order valence-electron chi connectivity index (χ2n) is 5.55. The van der Waals surface area contributed by atoms with Crippen LogP contribution in [-0.4, -0.2) is 30.5 Å². The quantitative estimate of drug-likeness (QED) is 0.893. The van der Waals surface area contributed by atoms with Crippen molar-refractivity contribution in [3.63, 3.8) is 0 Å². The van der Waals surface area contributed by atoms with E-state index < -0.39 is 6.10 Å². The molecule has 1 spiro atoms. The Morgan fingerprint density at radius 2 is 2.16 bits per heavy atom. The van der Waals surface area contributed by atoms with Gasteiger partial charge in [-0.1, -0.05) is 18.2 Å². The minimum atomic E-state index is -0.762. The topological polar surface area (TPSA) is 38.7 Å². The van der Waals surface area contributed by atoms with Crippen molar-refractivity contribution in [2.24, 2.45) is 5.92 Å². The van der Waals surface area contributed by atoms with Crippen molar-refractivity contribution in [3.8, 4) is 0 Å². The SMILES string of the molecule is OC(c1ccccc1F)C1CCOC2(CCOC2)C1. The highest BCUT2D eigenvalue weighted by Crippen LogP contribution is 2.41. The maximum Gasteiger partial charge on any atom is 0.129 e. The van der Waals surface area contributed by atoms with E-state index in [9.17, 15) is 9.50 Å². The van der Waals surface area contributed by atoms with Crippen LogP contribution < -0.4 is 0 Å². The summed E-state index contributed by atoms with van der Waals surface area (Å²) in [5, 5.41) is 10.4. The predicted octanol–water partition coefficient (Wildman–Crippen LogP) is 2.44. The molecule has 0 aromatic heterocycles. The van der Waals surface area contributed by atoms with Crippen molar-refractivity contribution < 1.29 is 19.0 Å². The van der Waals surface area contributed by atoms with Crippen molar-refractivity contribution in [2.75, 3.05) is 19.8 Å². The molecule has 1 aromatic rings. The van der Waals surface area contributed by atoms with Gasteiger partial charge in [0, 0.05) is 25.2 Å². The number of halogens is 1. The van der Waals surface area contributed by atoms with Gasteiger partial charge < -0.3 is 14.6 Å². The molecule has 3 nitrogen and oxygen atoms in total. The van der Waals surface area contributed by atoms with Gasteiger partial charge in [0.15, 0.2) is 0 Å². The molecule has 1 N–H and O–H groups in total. The van der Waals surface area contributed by atoms with E-state index in [1.54, 1.807) is 18.2 Å². The van der Waals surface area contributed by atoms with Crippen LogP contribution in [0.4, 0.5) is 4.39 Å². The number of hydrogen-bond acceptors (Lipinski definition) is 3. The highest BCUT2D eigenvalue weighted by Gasteiger charge is 2.43. The third kappa shape index (κ3) is 2.53. The van der Waals surface area contributed by atoms with E-state index in [2.05, 4.69) is 0 Å². The predicted molar refractivity (Wildman–Crippen MR) is 68.2 cm³/mol. The molecular weight excluding hydrogens is 247 g/mol. The Balaban J connectivity index is 1.76. The third-order valence-electron chi connectivity index (χ3n) is 4.27. The molecular formula is C15H19FO3. The highest BCUT2D eigenvalue weighted by molar-refractivity contribution is 5.20. The lowest BCUT2D eigenvalue weighted by molar-refractivity contribution is -0.117. The molecule has 2 fully saturated rings. The first-order valence-electron chi connectivity index (χ1n) is 6.84. The van der Waals surface area contributed by atoms with E-state index in [-0.39, 0.29) is 17.3 Å². The van der Waals surface area contributed by atoms with Gasteiger partial charge in [-0.05, 0) is 24.8 Å². The van der Waals surface area contributed by atoms with Crippen LogP contribution >= 0.6 is 0 Å². The van der Waals surface area contributed by atoms with E-state index >= 15 is 0 Å². The van der Waals surface area contributed by atoms with Crippen molar-refractivity contribution in [1.29, 1.82) is 0 Å². The average Bonchev–Trinajstić information content (AvgIpc) is 2.86. The Bertz CT molecular complexity index is 443. The van der Waals surface area contributed by atoms with Crippen LogP contribution in [0.2, 0.25) is 0 Å². The normalized spacial score (nSPS) is 32.6. The molecule has 2 saturated heterocycles. The van der Waals surface area contributed by atoms with E-state index in [0.717, 1.165) is 19.3 Å². The molecule has 0 bridgehead atoms. The summed E-state index contributed by atoms with van der Waals surface area (Å²) < 4.78 is 25.0. The molecule has 3 atom stereocenters. The minimum Gasteiger partial charge on any atom is -0.388 e. The van der Waals surface area contributed by atoms with Gasteiger partial charge in [-0.25, -0.2) is 4.39 Å². The van der Waals surface area contributed by atoms with E-state index in [4.69, 9.17) is 9.47 Å². The number of rotatable bonds is 2. The zero-order valence-corrected chi connectivity index (χ0v) is 10.8.